The topological polar surface area (TPSA) is 56.7 Å². The maximum absolute atomic E-state index is 6.27. The van der Waals surface area contributed by atoms with Crippen molar-refractivity contribution in [3.63, 3.8) is 0 Å². The number of hydrogen-bond acceptors (Lipinski definition) is 5. The van der Waals surface area contributed by atoms with Gasteiger partial charge in [0, 0.05) is 63.7 Å². The molecule has 10 aromatic rings. The van der Waals surface area contributed by atoms with Crippen molar-refractivity contribution in [2.45, 2.75) is 19.6 Å². The van der Waals surface area contributed by atoms with Crippen LogP contribution in [0.3, 0.4) is 0 Å². The Labute approximate surface area is 320 Å². The van der Waals surface area contributed by atoms with Gasteiger partial charge in [-0.05, 0) is 53.3 Å². The first kappa shape index (κ1) is 33.9. The van der Waals surface area contributed by atoms with Gasteiger partial charge in [-0.15, -0.1) is 65.4 Å². The van der Waals surface area contributed by atoms with Crippen LogP contribution in [-0.2, 0) is 20.1 Å². The molecule has 8 heteroatoms. The molecular weight excluding hydrogens is 853 g/mol. The molecule has 0 atom stereocenters. The molecule has 5 heterocycles. The number of hydrogen-bond donors (Lipinski definition) is 0. The number of furan rings is 1. The van der Waals surface area contributed by atoms with Gasteiger partial charge >= 0.3 is 0 Å². The van der Waals surface area contributed by atoms with Gasteiger partial charge < -0.3 is 14.0 Å². The minimum absolute atomic E-state index is 0. The summed E-state index contributed by atoms with van der Waals surface area (Å²) in [6, 6.07) is 50.2. The quantitative estimate of drug-likeness (QED) is 0.131. The Balaban J connectivity index is 0.000000193. The number of nitrogens with zero attached hydrogens (tertiary/aromatic N) is 4. The molecule has 0 saturated carbocycles. The number of pyridine rings is 2. The van der Waals surface area contributed by atoms with Crippen LogP contribution in [0.15, 0.2) is 144 Å². The molecule has 255 valence electrons. The third-order valence-electron chi connectivity index (χ3n) is 9.23. The van der Waals surface area contributed by atoms with Gasteiger partial charge in [-0.3, -0.25) is 4.98 Å². The molecule has 0 fully saturated rings. The van der Waals surface area contributed by atoms with Crippen molar-refractivity contribution in [1.82, 2.24) is 19.5 Å². The van der Waals surface area contributed by atoms with Crippen LogP contribution < -0.4 is 5.19 Å². The summed E-state index contributed by atoms with van der Waals surface area (Å²) in [5.41, 5.74) is 7.34. The van der Waals surface area contributed by atoms with E-state index in [4.69, 9.17) is 9.40 Å². The zero-order valence-electron chi connectivity index (χ0n) is 28.7. The van der Waals surface area contributed by atoms with Gasteiger partial charge in [0.15, 0.2) is 0 Å². The van der Waals surface area contributed by atoms with Gasteiger partial charge in [-0.2, -0.15) is 0 Å². The number of para-hydroxylation sites is 2. The van der Waals surface area contributed by atoms with E-state index in [0.29, 0.717) is 5.71 Å². The number of aromatic nitrogens is 4. The molecule has 52 heavy (non-hydrogen) atoms. The van der Waals surface area contributed by atoms with E-state index in [2.05, 4.69) is 119 Å². The van der Waals surface area contributed by atoms with Gasteiger partial charge in [0.05, 0.1) is 30.5 Å². The van der Waals surface area contributed by atoms with Crippen molar-refractivity contribution < 1.29 is 24.5 Å². The van der Waals surface area contributed by atoms with Gasteiger partial charge in [0.25, 0.3) is 0 Å². The molecule has 0 aliphatic rings. The van der Waals surface area contributed by atoms with Crippen molar-refractivity contribution in [2.24, 2.45) is 0 Å². The summed E-state index contributed by atoms with van der Waals surface area (Å²) >= 11 is 1.82. The maximum atomic E-state index is 6.27. The molecule has 0 spiro atoms. The van der Waals surface area contributed by atoms with Crippen LogP contribution in [0.5, 0.6) is 0 Å². The molecule has 0 aliphatic heterocycles. The molecule has 10 rings (SSSR count). The molecule has 0 bridgehead atoms. The van der Waals surface area contributed by atoms with Crippen molar-refractivity contribution in [3.05, 3.63) is 152 Å². The predicted octanol–water partition coefficient (Wildman–Crippen LogP) is 11.2. The summed E-state index contributed by atoms with van der Waals surface area (Å²) in [5.74, 6) is 0.804. The fraction of sp³-hybridized carbons (Fsp3) is 0.0682. The van der Waals surface area contributed by atoms with Gasteiger partial charge in [-0.1, -0.05) is 79.1 Å². The largest absolute Gasteiger partial charge is 0.486 e. The fourth-order valence-corrected chi connectivity index (χ4v) is 8.83. The Morgan fingerprint density at radius 1 is 0.692 bits per heavy atom. The van der Waals surface area contributed by atoms with Gasteiger partial charge in [-0.25, -0.2) is 4.98 Å². The number of benzene rings is 5. The fourth-order valence-electron chi connectivity index (χ4n) is 6.67. The molecule has 5 aromatic heterocycles. The molecule has 0 aliphatic carbocycles. The molecule has 0 N–H and O–H groups in total. The van der Waals surface area contributed by atoms with Crippen LogP contribution in [0.25, 0.3) is 81.6 Å². The summed E-state index contributed by atoms with van der Waals surface area (Å²) in [6.07, 6.45) is 3.77. The predicted molar refractivity (Wildman–Crippen MR) is 215 cm³/mol. The van der Waals surface area contributed by atoms with Crippen molar-refractivity contribution >= 4 is 77.9 Å². The van der Waals surface area contributed by atoms with Crippen molar-refractivity contribution in [3.8, 4) is 28.3 Å². The molecule has 0 unspecified atom stereocenters. The monoisotopic (exact) mass is 885 g/mol. The first-order valence-corrected chi connectivity index (χ1v) is 21.3. The second-order valence-electron chi connectivity index (χ2n) is 13.5. The summed E-state index contributed by atoms with van der Waals surface area (Å²) in [7, 11) is -1.23. The Kier molecular flexibility index (Phi) is 8.93. The number of fused-ring (bicyclic) bond motifs is 7. The first-order valence-electron chi connectivity index (χ1n) is 16.9. The second kappa shape index (κ2) is 13.7. The zero-order valence-corrected chi connectivity index (χ0v) is 32.9. The number of imidazole rings is 1. The normalized spacial score (nSPS) is 11.6. The minimum atomic E-state index is -1.23. The van der Waals surface area contributed by atoms with Crippen LogP contribution in [0.2, 0.25) is 19.6 Å². The maximum Gasteiger partial charge on any atom is 0.216 e. The van der Waals surface area contributed by atoms with E-state index in [1.165, 1.54) is 25.4 Å². The Morgan fingerprint density at radius 3 is 2.33 bits per heavy atom. The molecule has 1 radical (unpaired) electrons. The third-order valence-corrected chi connectivity index (χ3v) is 12.4. The number of rotatable bonds is 4. The molecule has 5 nitrogen and oxygen atoms in total. The Bertz CT molecular complexity index is 2850. The standard InChI is InChI=1S/C30H16N3OS.C14H16NSi.Ir/c1-4-15-25-20(8-1)27-24(14-6-16-26(27)35-25)33-23-13-3-2-12-22(23)32-29(33)21-10-5-9-18-19-11-7-17-31-30(19)34-28(18)21;1-16(2,3)13-9-10-14(15-11-13)12-7-5-4-6-8-12;/h1-9,11-17H;4-7,9-11H,1-3H3;/q2*-1;. The summed E-state index contributed by atoms with van der Waals surface area (Å²) in [5, 5.41) is 5.89. The van der Waals surface area contributed by atoms with E-state index in [9.17, 15) is 0 Å². The summed E-state index contributed by atoms with van der Waals surface area (Å²) in [4.78, 5) is 14.1. The van der Waals surface area contributed by atoms with Crippen LogP contribution in [0.4, 0.5) is 0 Å². The molecule has 0 saturated heterocycles. The summed E-state index contributed by atoms with van der Waals surface area (Å²) in [6.45, 7) is 7.00. The van der Waals surface area contributed by atoms with E-state index in [0.717, 1.165) is 55.7 Å². The van der Waals surface area contributed by atoms with Gasteiger partial charge in [0.2, 0.25) is 5.71 Å². The SMILES string of the molecule is C[Si](C)(C)c1ccc(-c2[c-]cccc2)nc1.[Ir].[c-]1ccc2c(oc3ncccc32)c1-c1nc2ccccc2n1-c1cccc2sc3ccccc3c12. The smallest absolute Gasteiger partial charge is 0.216 e. The zero-order chi connectivity index (χ0) is 34.5. The average molecular weight is 885 g/mol. The van der Waals surface area contributed by atoms with Crippen LogP contribution >= 0.6 is 11.3 Å². The van der Waals surface area contributed by atoms with E-state index < -0.39 is 8.07 Å². The van der Waals surface area contributed by atoms with E-state index in [1.54, 1.807) is 6.20 Å². The average Bonchev–Trinajstić information content (AvgIpc) is 3.87. The van der Waals surface area contributed by atoms with Crippen LogP contribution in [0.1, 0.15) is 0 Å². The Morgan fingerprint density at radius 2 is 1.50 bits per heavy atom. The summed E-state index contributed by atoms with van der Waals surface area (Å²) < 4.78 is 11.1. The molecule has 0 amide bonds. The van der Waals surface area contributed by atoms with E-state index in [-0.39, 0.29) is 20.1 Å². The van der Waals surface area contributed by atoms with Crippen LogP contribution in [0, 0.1) is 12.1 Å². The molecule has 5 aromatic carbocycles. The minimum Gasteiger partial charge on any atom is -0.486 e. The number of thiophene rings is 1. The van der Waals surface area contributed by atoms with Gasteiger partial charge in [0.1, 0.15) is 0 Å². The Hall–Kier alpha value is -5.24. The third kappa shape index (κ3) is 5.97. The van der Waals surface area contributed by atoms with Crippen molar-refractivity contribution in [1.29, 1.82) is 0 Å². The first-order chi connectivity index (χ1) is 24.9. The second-order valence-corrected chi connectivity index (χ2v) is 19.7. The van der Waals surface area contributed by atoms with E-state index in [1.807, 2.05) is 72.1 Å². The molecular formula is C44H32IrN4OSSi-2. The van der Waals surface area contributed by atoms with Crippen molar-refractivity contribution in [2.75, 3.05) is 0 Å². The van der Waals surface area contributed by atoms with Crippen LogP contribution in [-0.4, -0.2) is 27.6 Å². The van der Waals surface area contributed by atoms with E-state index >= 15 is 0 Å².